The molecule has 2 rings (SSSR count). The van der Waals surface area contributed by atoms with Gasteiger partial charge in [0.2, 0.25) is 0 Å². The lowest BCUT2D eigenvalue weighted by Gasteiger charge is -2.22. The van der Waals surface area contributed by atoms with Gasteiger partial charge in [-0.1, -0.05) is 45.4 Å². The van der Waals surface area contributed by atoms with Crippen LogP contribution in [-0.2, 0) is 11.3 Å². The van der Waals surface area contributed by atoms with Crippen LogP contribution in [0.4, 0.5) is 0 Å². The Hall–Kier alpha value is -0.800. The van der Waals surface area contributed by atoms with Crippen molar-refractivity contribution in [1.82, 2.24) is 5.32 Å². The van der Waals surface area contributed by atoms with Gasteiger partial charge in [0.05, 0.1) is 6.04 Å². The molecule has 3 heteroatoms. The Morgan fingerprint density at radius 3 is 2.67 bits per heavy atom. The molecule has 1 heterocycles. The van der Waals surface area contributed by atoms with Gasteiger partial charge in [0.1, 0.15) is 18.1 Å². The highest BCUT2D eigenvalue weighted by molar-refractivity contribution is 5.10. The molecule has 21 heavy (non-hydrogen) atoms. The average Bonchev–Trinajstić information content (AvgIpc) is 2.80. The molecule has 0 saturated heterocycles. The van der Waals surface area contributed by atoms with Gasteiger partial charge < -0.3 is 14.5 Å². The second kappa shape index (κ2) is 9.26. The molecule has 0 radical (unpaired) electrons. The van der Waals surface area contributed by atoms with E-state index in [1.54, 1.807) is 7.11 Å². The van der Waals surface area contributed by atoms with E-state index >= 15 is 0 Å². The summed E-state index contributed by atoms with van der Waals surface area (Å²) < 4.78 is 11.1. The Labute approximate surface area is 129 Å². The highest BCUT2D eigenvalue weighted by Gasteiger charge is 2.21. The summed E-state index contributed by atoms with van der Waals surface area (Å²) in [5.74, 6) is 2.86. The quantitative estimate of drug-likeness (QED) is 0.697. The molecular weight excluding hydrogens is 262 g/mol. The minimum atomic E-state index is 0.360. The van der Waals surface area contributed by atoms with Crippen molar-refractivity contribution in [2.75, 3.05) is 13.7 Å². The van der Waals surface area contributed by atoms with Crippen LogP contribution in [0, 0.1) is 5.92 Å². The summed E-state index contributed by atoms with van der Waals surface area (Å²) in [5.41, 5.74) is 0. The molecule has 1 N–H and O–H groups in total. The fraction of sp³-hybridized carbons (Fsp3) is 0.778. The fourth-order valence-corrected chi connectivity index (χ4v) is 3.35. The lowest BCUT2D eigenvalue weighted by atomic mass is 9.91. The first kappa shape index (κ1) is 16.6. The highest BCUT2D eigenvalue weighted by Crippen LogP contribution is 2.31. The van der Waals surface area contributed by atoms with E-state index in [1.165, 1.54) is 44.9 Å². The van der Waals surface area contributed by atoms with Gasteiger partial charge in [-0.2, -0.15) is 0 Å². The molecule has 0 aromatic carbocycles. The van der Waals surface area contributed by atoms with Crippen LogP contribution >= 0.6 is 0 Å². The van der Waals surface area contributed by atoms with Crippen molar-refractivity contribution in [1.29, 1.82) is 0 Å². The van der Waals surface area contributed by atoms with Gasteiger partial charge in [0.15, 0.2) is 0 Å². The van der Waals surface area contributed by atoms with E-state index < -0.39 is 0 Å². The normalized spacial score (nSPS) is 18.6. The molecule has 0 amide bonds. The van der Waals surface area contributed by atoms with E-state index in [4.69, 9.17) is 9.15 Å². The van der Waals surface area contributed by atoms with E-state index in [1.807, 2.05) is 6.07 Å². The highest BCUT2D eigenvalue weighted by atomic mass is 16.5. The molecule has 1 unspecified atom stereocenters. The molecule has 1 aromatic rings. The van der Waals surface area contributed by atoms with Crippen LogP contribution in [-0.4, -0.2) is 13.7 Å². The Balaban J connectivity index is 1.97. The molecule has 1 fully saturated rings. The summed E-state index contributed by atoms with van der Waals surface area (Å²) in [7, 11) is 1.71. The summed E-state index contributed by atoms with van der Waals surface area (Å²) in [4.78, 5) is 0. The largest absolute Gasteiger partial charge is 0.462 e. The lowest BCUT2D eigenvalue weighted by Crippen LogP contribution is -2.24. The van der Waals surface area contributed by atoms with Gasteiger partial charge >= 0.3 is 0 Å². The molecular formula is C18H31NO2. The van der Waals surface area contributed by atoms with Crippen molar-refractivity contribution in [2.45, 2.75) is 70.9 Å². The third-order valence-electron chi connectivity index (χ3n) is 4.50. The lowest BCUT2D eigenvalue weighted by molar-refractivity contribution is 0.160. The van der Waals surface area contributed by atoms with Crippen LogP contribution < -0.4 is 5.32 Å². The molecule has 0 spiro atoms. The topological polar surface area (TPSA) is 34.4 Å². The smallest absolute Gasteiger partial charge is 0.129 e. The summed E-state index contributed by atoms with van der Waals surface area (Å²) >= 11 is 0. The first-order valence-corrected chi connectivity index (χ1v) is 8.64. The van der Waals surface area contributed by atoms with Gasteiger partial charge in [-0.3, -0.25) is 0 Å². The third kappa shape index (κ3) is 5.48. The van der Waals surface area contributed by atoms with Gasteiger partial charge in [-0.05, 0) is 37.4 Å². The standard InChI is InChI=1S/C18H31NO2/c1-3-12-19-17(13-15-8-6-4-5-7-9-15)18-11-10-16(21-18)14-20-2/h10-11,15,17,19H,3-9,12-14H2,1-2H3. The van der Waals surface area contributed by atoms with E-state index in [9.17, 15) is 0 Å². The van der Waals surface area contributed by atoms with Crippen molar-refractivity contribution in [2.24, 2.45) is 5.92 Å². The number of ether oxygens (including phenoxy) is 1. The number of rotatable bonds is 8. The van der Waals surface area contributed by atoms with Crippen molar-refractivity contribution < 1.29 is 9.15 Å². The van der Waals surface area contributed by atoms with Crippen molar-refractivity contribution >= 4 is 0 Å². The van der Waals surface area contributed by atoms with Crippen molar-refractivity contribution in [3.63, 3.8) is 0 Å². The number of nitrogens with one attached hydrogen (secondary N) is 1. The molecule has 3 nitrogen and oxygen atoms in total. The average molecular weight is 293 g/mol. The molecule has 1 aliphatic carbocycles. The molecule has 120 valence electrons. The summed E-state index contributed by atoms with van der Waals surface area (Å²) in [6.07, 6.45) is 10.8. The molecule has 1 aliphatic rings. The van der Waals surface area contributed by atoms with Crippen molar-refractivity contribution in [3.8, 4) is 0 Å². The SMILES string of the molecule is CCCNC(CC1CCCCCC1)c1ccc(COC)o1. The zero-order valence-electron chi connectivity index (χ0n) is 13.7. The fourth-order valence-electron chi connectivity index (χ4n) is 3.35. The second-order valence-electron chi connectivity index (χ2n) is 6.34. The van der Waals surface area contributed by atoms with Crippen LogP contribution in [0.25, 0.3) is 0 Å². The summed E-state index contributed by atoms with van der Waals surface area (Å²) in [5, 5.41) is 3.67. The minimum absolute atomic E-state index is 0.360. The zero-order valence-corrected chi connectivity index (χ0v) is 13.7. The zero-order chi connectivity index (χ0) is 14.9. The van der Waals surface area contributed by atoms with Crippen LogP contribution in [0.3, 0.4) is 0 Å². The monoisotopic (exact) mass is 293 g/mol. The maximum absolute atomic E-state index is 5.97. The number of furan rings is 1. The van der Waals surface area contributed by atoms with Gasteiger partial charge in [-0.15, -0.1) is 0 Å². The van der Waals surface area contributed by atoms with E-state index in [-0.39, 0.29) is 0 Å². The third-order valence-corrected chi connectivity index (χ3v) is 4.50. The Kier molecular flexibility index (Phi) is 7.31. The van der Waals surface area contributed by atoms with Gasteiger partial charge in [0.25, 0.3) is 0 Å². The van der Waals surface area contributed by atoms with Crippen molar-refractivity contribution in [3.05, 3.63) is 23.7 Å². The van der Waals surface area contributed by atoms with Gasteiger partial charge in [-0.25, -0.2) is 0 Å². The predicted molar refractivity (Wildman–Crippen MR) is 86.3 cm³/mol. The predicted octanol–water partition coefficient (Wildman–Crippen LogP) is 4.83. The van der Waals surface area contributed by atoms with E-state index in [0.29, 0.717) is 12.6 Å². The number of methoxy groups -OCH3 is 1. The van der Waals surface area contributed by atoms with Crippen LogP contribution in [0.2, 0.25) is 0 Å². The number of hydrogen-bond acceptors (Lipinski definition) is 3. The molecule has 1 saturated carbocycles. The summed E-state index contributed by atoms with van der Waals surface area (Å²) in [6.45, 7) is 3.83. The van der Waals surface area contributed by atoms with E-state index in [2.05, 4.69) is 18.3 Å². The maximum Gasteiger partial charge on any atom is 0.129 e. The first-order valence-electron chi connectivity index (χ1n) is 8.64. The molecule has 0 aliphatic heterocycles. The summed E-state index contributed by atoms with van der Waals surface area (Å²) in [6, 6.07) is 4.53. The van der Waals surface area contributed by atoms with Crippen LogP contribution in [0.15, 0.2) is 16.5 Å². The molecule has 1 atom stereocenters. The molecule has 1 aromatic heterocycles. The Morgan fingerprint density at radius 2 is 2.00 bits per heavy atom. The Morgan fingerprint density at radius 1 is 1.24 bits per heavy atom. The number of hydrogen-bond donors (Lipinski definition) is 1. The maximum atomic E-state index is 5.97. The Bertz CT molecular complexity index is 380. The minimum Gasteiger partial charge on any atom is -0.462 e. The first-order chi connectivity index (χ1) is 10.3. The van der Waals surface area contributed by atoms with Gasteiger partial charge in [0, 0.05) is 7.11 Å². The van der Waals surface area contributed by atoms with Crippen LogP contribution in [0.5, 0.6) is 0 Å². The molecule has 0 bridgehead atoms. The van der Waals surface area contributed by atoms with E-state index in [0.717, 1.165) is 30.4 Å². The second-order valence-corrected chi connectivity index (χ2v) is 6.34. The van der Waals surface area contributed by atoms with Crippen LogP contribution in [0.1, 0.15) is 75.9 Å².